The third-order valence-corrected chi connectivity index (χ3v) is 4.31. The molecular weight excluding hydrogens is 435 g/mol. The fraction of sp³-hybridized carbons (Fsp3) is 0.250. The van der Waals surface area contributed by atoms with Gasteiger partial charge in [0.1, 0.15) is 0 Å². The van der Waals surface area contributed by atoms with Crippen LogP contribution in [0.2, 0.25) is 5.02 Å². The molecule has 2 aromatic carbocycles. The second kappa shape index (κ2) is 8.94. The molecule has 11 heteroatoms. The van der Waals surface area contributed by atoms with Gasteiger partial charge in [0.05, 0.1) is 5.56 Å². The largest absolute Gasteiger partial charge is 0.416 e. The number of rotatable bonds is 5. The fourth-order valence-electron chi connectivity index (χ4n) is 2.55. The third kappa shape index (κ3) is 6.69. The van der Waals surface area contributed by atoms with E-state index in [0.717, 1.165) is 18.2 Å². The van der Waals surface area contributed by atoms with Gasteiger partial charge >= 0.3 is 6.18 Å². The Balaban J connectivity index is 2.63. The van der Waals surface area contributed by atoms with Gasteiger partial charge in [0.15, 0.2) is 5.96 Å². The van der Waals surface area contributed by atoms with E-state index in [-0.39, 0.29) is 33.8 Å². The number of carbonyl (C=O) groups is 2. The van der Waals surface area contributed by atoms with E-state index in [1.54, 1.807) is 13.8 Å². The average molecular weight is 456 g/mol. The van der Waals surface area contributed by atoms with Crippen LogP contribution in [0, 0.1) is 0 Å². The standard InChI is InChI=1S/C20H21ClF3N5O2/c1-19(2,27)9-28-16(30)11-5-10(6-12(7-11)17(31)29-18(25)26)14-8-13(20(22,23)24)3-4-15(14)21/h3-8H,9,27H2,1-2H3,(H,28,30)(H4,25,26,29,31). The Morgan fingerprint density at radius 1 is 1.06 bits per heavy atom. The molecule has 0 fully saturated rings. The van der Waals surface area contributed by atoms with Crippen LogP contribution in [0.4, 0.5) is 13.2 Å². The van der Waals surface area contributed by atoms with Crippen molar-refractivity contribution >= 4 is 29.4 Å². The average Bonchev–Trinajstić information content (AvgIpc) is 2.64. The lowest BCUT2D eigenvalue weighted by atomic mass is 9.97. The molecule has 0 aromatic heterocycles. The highest BCUT2D eigenvalue weighted by Crippen LogP contribution is 2.36. The van der Waals surface area contributed by atoms with Crippen molar-refractivity contribution < 1.29 is 22.8 Å². The number of carbonyl (C=O) groups excluding carboxylic acids is 2. The van der Waals surface area contributed by atoms with E-state index in [9.17, 15) is 22.8 Å². The molecule has 0 atom stereocenters. The molecule has 0 bridgehead atoms. The van der Waals surface area contributed by atoms with E-state index in [1.165, 1.54) is 18.2 Å². The molecule has 0 aliphatic rings. The minimum absolute atomic E-state index is 0.00566. The van der Waals surface area contributed by atoms with Gasteiger partial charge in [-0.15, -0.1) is 0 Å². The molecule has 166 valence electrons. The number of benzene rings is 2. The van der Waals surface area contributed by atoms with Crippen molar-refractivity contribution in [3.63, 3.8) is 0 Å². The minimum atomic E-state index is -4.61. The topological polar surface area (TPSA) is 137 Å². The summed E-state index contributed by atoms with van der Waals surface area (Å²) in [7, 11) is 0. The maximum atomic E-state index is 13.2. The summed E-state index contributed by atoms with van der Waals surface area (Å²) in [5.74, 6) is -1.98. The molecule has 2 amide bonds. The first-order valence-electron chi connectivity index (χ1n) is 8.90. The Morgan fingerprint density at radius 3 is 2.23 bits per heavy atom. The first kappa shape index (κ1) is 24.2. The molecule has 7 N–H and O–H groups in total. The van der Waals surface area contributed by atoms with Gasteiger partial charge in [-0.25, -0.2) is 0 Å². The maximum absolute atomic E-state index is 13.2. The Bertz CT molecular complexity index is 1040. The molecule has 0 unspecified atom stereocenters. The lowest BCUT2D eigenvalue weighted by Crippen LogP contribution is -2.45. The number of nitrogens with two attached hydrogens (primary N) is 3. The summed E-state index contributed by atoms with van der Waals surface area (Å²) >= 11 is 6.11. The van der Waals surface area contributed by atoms with Crippen LogP contribution in [-0.2, 0) is 6.18 Å². The molecule has 0 heterocycles. The first-order valence-corrected chi connectivity index (χ1v) is 9.28. The van der Waals surface area contributed by atoms with Gasteiger partial charge in [-0.3, -0.25) is 9.59 Å². The molecule has 0 saturated carbocycles. The van der Waals surface area contributed by atoms with Crippen LogP contribution in [-0.4, -0.2) is 29.9 Å². The van der Waals surface area contributed by atoms with Crippen LogP contribution in [0.25, 0.3) is 11.1 Å². The quantitative estimate of drug-likeness (QED) is 0.406. The Hall–Kier alpha value is -3.11. The molecule has 0 spiro atoms. The van der Waals surface area contributed by atoms with Gasteiger partial charge in [-0.1, -0.05) is 11.6 Å². The van der Waals surface area contributed by atoms with Gasteiger partial charge in [0.25, 0.3) is 11.8 Å². The molecule has 0 aliphatic carbocycles. The number of nitrogens with one attached hydrogen (secondary N) is 1. The molecule has 0 aliphatic heterocycles. The molecular formula is C20H21ClF3N5O2. The Morgan fingerprint density at radius 2 is 1.68 bits per heavy atom. The van der Waals surface area contributed by atoms with Crippen LogP contribution in [0.1, 0.15) is 40.1 Å². The van der Waals surface area contributed by atoms with E-state index in [0.29, 0.717) is 0 Å². The number of halogens is 4. The summed E-state index contributed by atoms with van der Waals surface area (Å²) < 4.78 is 39.5. The molecule has 0 radical (unpaired) electrons. The highest BCUT2D eigenvalue weighted by molar-refractivity contribution is 6.33. The van der Waals surface area contributed by atoms with Gasteiger partial charge in [-0.2, -0.15) is 18.2 Å². The molecule has 2 aromatic rings. The van der Waals surface area contributed by atoms with Gasteiger partial charge in [0.2, 0.25) is 0 Å². The zero-order chi connectivity index (χ0) is 23.6. The number of guanidine groups is 1. The second-order valence-electron chi connectivity index (χ2n) is 7.50. The lowest BCUT2D eigenvalue weighted by Gasteiger charge is -2.19. The molecule has 7 nitrogen and oxygen atoms in total. The lowest BCUT2D eigenvalue weighted by molar-refractivity contribution is -0.137. The number of alkyl halides is 3. The summed E-state index contributed by atoms with van der Waals surface area (Å²) in [6.45, 7) is 3.50. The molecule has 0 saturated heterocycles. The predicted molar refractivity (Wildman–Crippen MR) is 113 cm³/mol. The Labute approximate surface area is 181 Å². The van der Waals surface area contributed by atoms with E-state index in [1.807, 2.05) is 0 Å². The first-order chi connectivity index (χ1) is 14.2. The zero-order valence-electron chi connectivity index (χ0n) is 16.7. The summed E-state index contributed by atoms with van der Waals surface area (Å²) in [5.41, 5.74) is 14.6. The van der Waals surface area contributed by atoms with Crippen molar-refractivity contribution in [3.8, 4) is 11.1 Å². The number of aliphatic imine (C=N–C) groups is 1. The maximum Gasteiger partial charge on any atom is 0.416 e. The van der Waals surface area contributed by atoms with E-state index >= 15 is 0 Å². The van der Waals surface area contributed by atoms with Crippen molar-refractivity contribution in [1.29, 1.82) is 0 Å². The number of hydrogen-bond acceptors (Lipinski definition) is 3. The van der Waals surface area contributed by atoms with Gasteiger partial charge in [0, 0.05) is 33.8 Å². The summed E-state index contributed by atoms with van der Waals surface area (Å²) in [4.78, 5) is 28.4. The van der Waals surface area contributed by atoms with E-state index in [2.05, 4.69) is 10.3 Å². The van der Waals surface area contributed by atoms with Crippen LogP contribution in [0.15, 0.2) is 41.4 Å². The monoisotopic (exact) mass is 455 g/mol. The number of nitrogens with zero attached hydrogens (tertiary/aromatic N) is 1. The van der Waals surface area contributed by atoms with Crippen molar-refractivity contribution in [3.05, 3.63) is 58.1 Å². The normalized spacial score (nSPS) is 11.7. The zero-order valence-corrected chi connectivity index (χ0v) is 17.4. The van der Waals surface area contributed by atoms with Crippen molar-refractivity contribution in [1.82, 2.24) is 5.32 Å². The van der Waals surface area contributed by atoms with Crippen LogP contribution >= 0.6 is 11.6 Å². The molecule has 31 heavy (non-hydrogen) atoms. The predicted octanol–water partition coefficient (Wildman–Crippen LogP) is 2.91. The van der Waals surface area contributed by atoms with Crippen molar-refractivity contribution in [2.24, 2.45) is 22.2 Å². The fourth-order valence-corrected chi connectivity index (χ4v) is 2.78. The van der Waals surface area contributed by atoms with Gasteiger partial charge in [-0.05, 0) is 55.8 Å². The molecule has 2 rings (SSSR count). The van der Waals surface area contributed by atoms with Crippen LogP contribution in [0.3, 0.4) is 0 Å². The smallest absolute Gasteiger partial charge is 0.370 e. The number of hydrogen-bond donors (Lipinski definition) is 4. The summed E-state index contributed by atoms with van der Waals surface area (Å²) in [6.07, 6.45) is -4.61. The second-order valence-corrected chi connectivity index (χ2v) is 7.91. The third-order valence-electron chi connectivity index (χ3n) is 3.98. The van der Waals surface area contributed by atoms with Crippen LogP contribution in [0.5, 0.6) is 0 Å². The van der Waals surface area contributed by atoms with Gasteiger partial charge < -0.3 is 22.5 Å². The van der Waals surface area contributed by atoms with E-state index in [4.69, 9.17) is 28.8 Å². The highest BCUT2D eigenvalue weighted by atomic mass is 35.5. The van der Waals surface area contributed by atoms with Crippen molar-refractivity contribution in [2.75, 3.05) is 6.54 Å². The summed E-state index contributed by atoms with van der Waals surface area (Å²) in [6, 6.07) is 6.53. The van der Waals surface area contributed by atoms with Crippen molar-refractivity contribution in [2.45, 2.75) is 25.6 Å². The highest BCUT2D eigenvalue weighted by Gasteiger charge is 2.31. The minimum Gasteiger partial charge on any atom is -0.370 e. The SMILES string of the molecule is CC(C)(N)CNC(=O)c1cc(C(=O)N=C(N)N)cc(-c2cc(C(F)(F)F)ccc2Cl)c1. The Kier molecular flexibility index (Phi) is 6.97. The summed E-state index contributed by atoms with van der Waals surface area (Å²) in [5, 5.41) is 2.60. The van der Waals surface area contributed by atoms with E-state index < -0.39 is 35.1 Å². The van der Waals surface area contributed by atoms with Crippen LogP contribution < -0.4 is 22.5 Å². The number of amides is 2.